The highest BCUT2D eigenvalue weighted by Gasteiger charge is 2.26. The predicted octanol–water partition coefficient (Wildman–Crippen LogP) is 0.637. The molecule has 2 unspecified atom stereocenters. The fourth-order valence-corrected chi connectivity index (χ4v) is 2.87. The highest BCUT2D eigenvalue weighted by atomic mass is 16.3. The molecule has 1 aromatic rings. The summed E-state index contributed by atoms with van der Waals surface area (Å²) in [5, 5.41) is 13.1. The number of nitrogens with zero attached hydrogens (tertiary/aromatic N) is 1. The molecule has 1 aromatic carbocycles. The van der Waals surface area contributed by atoms with Gasteiger partial charge in [0.15, 0.2) is 0 Å². The van der Waals surface area contributed by atoms with E-state index >= 15 is 0 Å². The lowest BCUT2D eigenvalue weighted by atomic mass is 9.96. The van der Waals surface area contributed by atoms with Crippen LogP contribution in [-0.2, 0) is 11.3 Å². The summed E-state index contributed by atoms with van der Waals surface area (Å²) >= 11 is 0. The van der Waals surface area contributed by atoms with Gasteiger partial charge < -0.3 is 16.2 Å². The maximum absolute atomic E-state index is 11.7. The number of β-amino-alcohol motifs (C(OH)–C–C–N with tert-alkyl or cyclic N) is 1. The van der Waals surface area contributed by atoms with Crippen molar-refractivity contribution in [3.05, 3.63) is 35.4 Å². The zero-order valence-corrected chi connectivity index (χ0v) is 12.6. The minimum atomic E-state index is -0.528. The largest absolute Gasteiger partial charge is 0.387 e. The van der Waals surface area contributed by atoms with Gasteiger partial charge in [0.25, 0.3) is 0 Å². The van der Waals surface area contributed by atoms with E-state index in [0.717, 1.165) is 37.1 Å². The van der Waals surface area contributed by atoms with E-state index in [1.807, 2.05) is 24.3 Å². The van der Waals surface area contributed by atoms with Crippen molar-refractivity contribution in [2.45, 2.75) is 25.5 Å². The van der Waals surface area contributed by atoms with Gasteiger partial charge >= 0.3 is 0 Å². The molecule has 5 heteroatoms. The molecule has 0 aliphatic carbocycles. The van der Waals surface area contributed by atoms with Crippen LogP contribution in [0.25, 0.3) is 0 Å². The predicted molar refractivity (Wildman–Crippen MR) is 82.5 cm³/mol. The van der Waals surface area contributed by atoms with Gasteiger partial charge in [-0.3, -0.25) is 9.69 Å². The molecule has 0 radical (unpaired) electrons. The molecule has 1 saturated heterocycles. The van der Waals surface area contributed by atoms with Crippen molar-refractivity contribution < 1.29 is 9.90 Å². The number of benzene rings is 1. The van der Waals surface area contributed by atoms with Crippen molar-refractivity contribution in [1.29, 1.82) is 0 Å². The quantitative estimate of drug-likeness (QED) is 0.744. The number of nitrogens with two attached hydrogens (primary N) is 1. The van der Waals surface area contributed by atoms with Crippen LogP contribution < -0.4 is 11.1 Å². The Hall–Kier alpha value is -1.43. The number of hydrogen-bond acceptors (Lipinski definition) is 4. The molecule has 2 atom stereocenters. The van der Waals surface area contributed by atoms with Crippen molar-refractivity contribution in [3.8, 4) is 0 Å². The van der Waals surface area contributed by atoms with Gasteiger partial charge in [-0.1, -0.05) is 24.3 Å². The van der Waals surface area contributed by atoms with Gasteiger partial charge in [0.1, 0.15) is 0 Å². The van der Waals surface area contributed by atoms with Crippen LogP contribution in [-0.4, -0.2) is 42.6 Å². The molecular weight excluding hydrogens is 266 g/mol. The summed E-state index contributed by atoms with van der Waals surface area (Å²) in [6, 6.07) is 7.74. The van der Waals surface area contributed by atoms with Gasteiger partial charge in [0.2, 0.25) is 5.91 Å². The van der Waals surface area contributed by atoms with E-state index in [2.05, 4.69) is 10.2 Å². The van der Waals surface area contributed by atoms with Crippen LogP contribution in [0, 0.1) is 5.92 Å². The molecular formula is C16H25N3O2. The Morgan fingerprint density at radius 2 is 2.19 bits per heavy atom. The maximum atomic E-state index is 11.7. The van der Waals surface area contributed by atoms with Crippen molar-refractivity contribution in [1.82, 2.24) is 10.2 Å². The van der Waals surface area contributed by atoms with E-state index in [1.54, 1.807) is 7.05 Å². The Morgan fingerprint density at radius 3 is 2.81 bits per heavy atom. The Balaban J connectivity index is 1.91. The minimum absolute atomic E-state index is 0.0376. The van der Waals surface area contributed by atoms with Crippen LogP contribution in [0.2, 0.25) is 0 Å². The molecule has 1 aliphatic heterocycles. The third-order valence-corrected chi connectivity index (χ3v) is 4.15. The molecule has 0 aromatic heterocycles. The first-order valence-electron chi connectivity index (χ1n) is 7.55. The number of hydrogen-bond donors (Lipinski definition) is 3. The van der Waals surface area contributed by atoms with Crippen LogP contribution in [0.5, 0.6) is 0 Å². The van der Waals surface area contributed by atoms with Crippen molar-refractivity contribution in [3.63, 3.8) is 0 Å². The Morgan fingerprint density at radius 1 is 1.48 bits per heavy atom. The number of nitrogens with one attached hydrogen (secondary N) is 1. The lowest BCUT2D eigenvalue weighted by Crippen LogP contribution is -2.43. The number of carbonyl (C=O) groups is 1. The highest BCUT2D eigenvalue weighted by Crippen LogP contribution is 2.21. The van der Waals surface area contributed by atoms with E-state index in [1.165, 1.54) is 0 Å². The van der Waals surface area contributed by atoms with Gasteiger partial charge in [-0.05, 0) is 30.5 Å². The molecule has 2 rings (SSSR count). The minimum Gasteiger partial charge on any atom is -0.387 e. The van der Waals surface area contributed by atoms with E-state index < -0.39 is 6.10 Å². The molecule has 1 amide bonds. The molecule has 1 fully saturated rings. The number of likely N-dealkylation sites (tertiary alicyclic amines) is 1. The lowest BCUT2D eigenvalue weighted by molar-refractivity contribution is -0.126. The van der Waals surface area contributed by atoms with E-state index in [-0.39, 0.29) is 11.8 Å². The van der Waals surface area contributed by atoms with Crippen LogP contribution in [0.3, 0.4) is 0 Å². The zero-order chi connectivity index (χ0) is 15.2. The first-order chi connectivity index (χ1) is 10.1. The lowest BCUT2D eigenvalue weighted by Gasteiger charge is -2.33. The number of amides is 1. The maximum Gasteiger partial charge on any atom is 0.224 e. The van der Waals surface area contributed by atoms with Gasteiger partial charge in [-0.25, -0.2) is 0 Å². The smallest absolute Gasteiger partial charge is 0.224 e. The summed E-state index contributed by atoms with van der Waals surface area (Å²) in [4.78, 5) is 13.9. The van der Waals surface area contributed by atoms with Crippen LogP contribution >= 0.6 is 0 Å². The topological polar surface area (TPSA) is 78.6 Å². The van der Waals surface area contributed by atoms with Gasteiger partial charge in [-0.2, -0.15) is 0 Å². The van der Waals surface area contributed by atoms with Gasteiger partial charge in [-0.15, -0.1) is 0 Å². The summed E-state index contributed by atoms with van der Waals surface area (Å²) in [5.74, 6) is 0.136. The third kappa shape index (κ3) is 4.27. The summed E-state index contributed by atoms with van der Waals surface area (Å²) < 4.78 is 0. The fourth-order valence-electron chi connectivity index (χ4n) is 2.87. The normalized spacial score (nSPS) is 21.0. The van der Waals surface area contributed by atoms with Gasteiger partial charge in [0, 0.05) is 26.7 Å². The second-order valence-corrected chi connectivity index (χ2v) is 5.67. The average Bonchev–Trinajstić information content (AvgIpc) is 2.54. The molecule has 116 valence electrons. The fraction of sp³-hybridized carbons (Fsp3) is 0.562. The molecule has 1 aliphatic rings. The second kappa shape index (κ2) is 7.54. The first-order valence-corrected chi connectivity index (χ1v) is 7.55. The second-order valence-electron chi connectivity index (χ2n) is 5.67. The molecule has 5 nitrogen and oxygen atoms in total. The highest BCUT2D eigenvalue weighted by molar-refractivity contribution is 5.78. The Bertz CT molecular complexity index is 461. The number of piperidine rings is 1. The van der Waals surface area contributed by atoms with Crippen LogP contribution in [0.1, 0.15) is 30.1 Å². The number of aliphatic hydroxyl groups excluding tert-OH is 1. The van der Waals surface area contributed by atoms with Crippen LogP contribution in [0.4, 0.5) is 0 Å². The third-order valence-electron chi connectivity index (χ3n) is 4.15. The van der Waals surface area contributed by atoms with E-state index in [4.69, 9.17) is 5.73 Å². The summed E-state index contributed by atoms with van der Waals surface area (Å²) in [5.41, 5.74) is 7.53. The standard InChI is InChI=1S/C16H25N3O2/c1-18-16(21)14-3-2-8-19(10-14)11-15(20)13-6-4-12(9-17)5-7-13/h4-7,14-15,20H,2-3,8-11,17H2,1H3,(H,18,21). The Kier molecular flexibility index (Phi) is 5.73. The number of aliphatic hydroxyl groups is 1. The zero-order valence-electron chi connectivity index (χ0n) is 12.6. The number of carbonyl (C=O) groups excluding carboxylic acids is 1. The van der Waals surface area contributed by atoms with Crippen molar-refractivity contribution >= 4 is 5.91 Å². The summed E-state index contributed by atoms with van der Waals surface area (Å²) in [6.45, 7) is 2.73. The molecule has 0 saturated carbocycles. The summed E-state index contributed by atoms with van der Waals surface area (Å²) in [6.07, 6.45) is 1.40. The van der Waals surface area contributed by atoms with Gasteiger partial charge in [0.05, 0.1) is 12.0 Å². The monoisotopic (exact) mass is 291 g/mol. The number of rotatable bonds is 5. The first kappa shape index (κ1) is 15.9. The average molecular weight is 291 g/mol. The SMILES string of the molecule is CNC(=O)C1CCCN(CC(O)c2ccc(CN)cc2)C1. The van der Waals surface area contributed by atoms with E-state index in [0.29, 0.717) is 13.1 Å². The van der Waals surface area contributed by atoms with Crippen LogP contribution in [0.15, 0.2) is 24.3 Å². The Labute approximate surface area is 126 Å². The molecule has 1 heterocycles. The molecule has 4 N–H and O–H groups in total. The van der Waals surface area contributed by atoms with Crippen molar-refractivity contribution in [2.24, 2.45) is 11.7 Å². The molecule has 0 spiro atoms. The summed E-state index contributed by atoms with van der Waals surface area (Å²) in [7, 11) is 1.68. The van der Waals surface area contributed by atoms with E-state index in [9.17, 15) is 9.90 Å². The van der Waals surface area contributed by atoms with Crippen molar-refractivity contribution in [2.75, 3.05) is 26.7 Å². The molecule has 0 bridgehead atoms. The molecule has 21 heavy (non-hydrogen) atoms.